The summed E-state index contributed by atoms with van der Waals surface area (Å²) in [6.07, 6.45) is 1.30. The number of nitrogens with zero attached hydrogens (tertiary/aromatic N) is 3. The fourth-order valence-electron chi connectivity index (χ4n) is 4.17. The van der Waals surface area contributed by atoms with Crippen molar-refractivity contribution in [2.75, 3.05) is 46.3 Å². The minimum absolute atomic E-state index is 0.624. The molecule has 1 unspecified atom stereocenters. The van der Waals surface area contributed by atoms with Crippen molar-refractivity contribution < 1.29 is 4.74 Å². The molecular weight excluding hydrogens is 334 g/mol. The van der Waals surface area contributed by atoms with Crippen LogP contribution in [0.25, 0.3) is 0 Å². The number of piperazine rings is 1. The van der Waals surface area contributed by atoms with Gasteiger partial charge in [0.05, 0.1) is 0 Å². The van der Waals surface area contributed by atoms with Gasteiger partial charge in [-0.2, -0.15) is 0 Å². The van der Waals surface area contributed by atoms with Crippen molar-refractivity contribution in [3.8, 4) is 5.75 Å². The van der Waals surface area contributed by atoms with Crippen LogP contribution in [-0.4, -0.2) is 67.1 Å². The summed E-state index contributed by atoms with van der Waals surface area (Å²) in [5, 5.41) is 0. The van der Waals surface area contributed by atoms with E-state index in [1.165, 1.54) is 56.8 Å². The molecule has 0 bridgehead atoms. The average molecular weight is 366 g/mol. The van der Waals surface area contributed by atoms with Gasteiger partial charge < -0.3 is 9.64 Å². The average Bonchev–Trinajstić information content (AvgIpc) is 3.16. The lowest BCUT2D eigenvalue weighted by molar-refractivity contribution is 0.112. The minimum atomic E-state index is 0.624. The lowest BCUT2D eigenvalue weighted by atomic mass is 10.2. The summed E-state index contributed by atoms with van der Waals surface area (Å²) in [5.74, 6) is 0.964. The largest absolute Gasteiger partial charge is 0.489 e. The van der Waals surface area contributed by atoms with Crippen molar-refractivity contribution in [2.45, 2.75) is 25.6 Å². The van der Waals surface area contributed by atoms with Gasteiger partial charge in [0.2, 0.25) is 0 Å². The standard InChI is InChI=1S/C23H31N3O/c1-24-12-14-26(15-13-24)22-10-11-25(18-22)17-21-8-5-9-23(16-21)27-19-20-6-3-2-4-7-20/h2-9,16,22H,10-15,17-19H2,1H3. The molecule has 4 nitrogen and oxygen atoms in total. The van der Waals surface area contributed by atoms with Gasteiger partial charge in [-0.1, -0.05) is 42.5 Å². The number of ether oxygens (including phenoxy) is 1. The van der Waals surface area contributed by atoms with Crippen molar-refractivity contribution in [3.05, 3.63) is 65.7 Å². The zero-order chi connectivity index (χ0) is 18.5. The summed E-state index contributed by atoms with van der Waals surface area (Å²) in [6, 6.07) is 19.7. The normalized spacial score (nSPS) is 22.2. The van der Waals surface area contributed by atoms with Crippen LogP contribution < -0.4 is 4.74 Å². The van der Waals surface area contributed by atoms with Crippen molar-refractivity contribution in [1.29, 1.82) is 0 Å². The van der Waals surface area contributed by atoms with E-state index in [-0.39, 0.29) is 0 Å². The molecule has 0 spiro atoms. The van der Waals surface area contributed by atoms with Crippen LogP contribution in [0.3, 0.4) is 0 Å². The number of likely N-dealkylation sites (tertiary alicyclic amines) is 1. The molecule has 2 aromatic carbocycles. The van der Waals surface area contributed by atoms with Crippen LogP contribution in [-0.2, 0) is 13.2 Å². The molecule has 4 heteroatoms. The van der Waals surface area contributed by atoms with Crippen molar-refractivity contribution >= 4 is 0 Å². The third-order valence-corrected chi connectivity index (χ3v) is 5.85. The molecule has 144 valence electrons. The van der Waals surface area contributed by atoms with Gasteiger partial charge in [-0.05, 0) is 36.7 Å². The Morgan fingerprint density at radius 1 is 0.889 bits per heavy atom. The predicted octanol–water partition coefficient (Wildman–Crippen LogP) is 3.09. The third kappa shape index (κ3) is 5.10. The Morgan fingerprint density at radius 2 is 1.67 bits per heavy atom. The van der Waals surface area contributed by atoms with Gasteiger partial charge in [-0.25, -0.2) is 0 Å². The molecule has 0 aromatic heterocycles. The zero-order valence-electron chi connectivity index (χ0n) is 16.4. The Labute approximate surface area is 163 Å². The molecule has 0 radical (unpaired) electrons. The highest BCUT2D eigenvalue weighted by molar-refractivity contribution is 5.29. The van der Waals surface area contributed by atoms with Gasteiger partial charge >= 0.3 is 0 Å². The molecule has 2 aliphatic heterocycles. The topological polar surface area (TPSA) is 19.0 Å². The summed E-state index contributed by atoms with van der Waals surface area (Å²) in [7, 11) is 2.23. The van der Waals surface area contributed by atoms with Crippen LogP contribution >= 0.6 is 0 Å². The number of hydrogen-bond donors (Lipinski definition) is 0. The van der Waals surface area contributed by atoms with Crippen LogP contribution in [0.5, 0.6) is 5.75 Å². The highest BCUT2D eigenvalue weighted by Crippen LogP contribution is 2.21. The summed E-state index contributed by atoms with van der Waals surface area (Å²) in [5.41, 5.74) is 2.55. The van der Waals surface area contributed by atoms with Gasteiger partial charge in [0.25, 0.3) is 0 Å². The Morgan fingerprint density at radius 3 is 2.48 bits per heavy atom. The van der Waals surface area contributed by atoms with Crippen molar-refractivity contribution in [1.82, 2.24) is 14.7 Å². The van der Waals surface area contributed by atoms with E-state index >= 15 is 0 Å². The van der Waals surface area contributed by atoms with E-state index in [2.05, 4.69) is 70.3 Å². The molecular formula is C23H31N3O. The van der Waals surface area contributed by atoms with Gasteiger partial charge in [0, 0.05) is 51.9 Å². The summed E-state index contributed by atoms with van der Waals surface area (Å²) in [6.45, 7) is 8.89. The molecule has 2 fully saturated rings. The molecule has 2 heterocycles. The molecule has 0 aliphatic carbocycles. The monoisotopic (exact) mass is 365 g/mol. The molecule has 0 amide bonds. The van der Waals surface area contributed by atoms with Crippen LogP contribution in [0.1, 0.15) is 17.5 Å². The SMILES string of the molecule is CN1CCN(C2CCN(Cc3cccc(OCc4ccccc4)c3)C2)CC1. The molecule has 2 saturated heterocycles. The first kappa shape index (κ1) is 18.5. The molecule has 2 aromatic rings. The van der Waals surface area contributed by atoms with Gasteiger partial charge in [0.15, 0.2) is 0 Å². The van der Waals surface area contributed by atoms with Crippen molar-refractivity contribution in [2.24, 2.45) is 0 Å². The fourth-order valence-corrected chi connectivity index (χ4v) is 4.17. The zero-order valence-corrected chi connectivity index (χ0v) is 16.4. The highest BCUT2D eigenvalue weighted by Gasteiger charge is 2.29. The Balaban J connectivity index is 1.28. The van der Waals surface area contributed by atoms with Gasteiger partial charge in [0.1, 0.15) is 12.4 Å². The Kier molecular flexibility index (Phi) is 6.07. The minimum Gasteiger partial charge on any atom is -0.489 e. The lowest BCUT2D eigenvalue weighted by Gasteiger charge is -2.36. The predicted molar refractivity (Wildman–Crippen MR) is 110 cm³/mol. The van der Waals surface area contributed by atoms with Gasteiger partial charge in [-0.15, -0.1) is 0 Å². The van der Waals surface area contributed by atoms with Crippen LogP contribution in [0.15, 0.2) is 54.6 Å². The first-order valence-electron chi connectivity index (χ1n) is 10.2. The number of benzene rings is 2. The van der Waals surface area contributed by atoms with Crippen LogP contribution in [0, 0.1) is 0 Å². The number of likely N-dealkylation sites (N-methyl/N-ethyl adjacent to an activating group) is 1. The molecule has 27 heavy (non-hydrogen) atoms. The molecule has 1 atom stereocenters. The number of rotatable bonds is 6. The second-order valence-corrected chi connectivity index (χ2v) is 7.94. The third-order valence-electron chi connectivity index (χ3n) is 5.85. The lowest BCUT2D eigenvalue weighted by Crippen LogP contribution is -2.49. The van der Waals surface area contributed by atoms with E-state index in [0.717, 1.165) is 18.3 Å². The smallest absolute Gasteiger partial charge is 0.120 e. The Bertz CT molecular complexity index is 713. The summed E-state index contributed by atoms with van der Waals surface area (Å²) < 4.78 is 5.99. The quantitative estimate of drug-likeness (QED) is 0.783. The molecule has 0 saturated carbocycles. The van der Waals surface area contributed by atoms with E-state index < -0.39 is 0 Å². The van der Waals surface area contributed by atoms with Crippen LogP contribution in [0.2, 0.25) is 0 Å². The van der Waals surface area contributed by atoms with E-state index in [0.29, 0.717) is 6.61 Å². The first-order chi connectivity index (χ1) is 13.3. The number of hydrogen-bond acceptors (Lipinski definition) is 4. The van der Waals surface area contributed by atoms with Crippen LogP contribution in [0.4, 0.5) is 0 Å². The summed E-state index contributed by atoms with van der Waals surface area (Å²) in [4.78, 5) is 7.73. The maximum atomic E-state index is 5.99. The molecule has 2 aliphatic rings. The summed E-state index contributed by atoms with van der Waals surface area (Å²) >= 11 is 0. The van der Waals surface area contributed by atoms with Gasteiger partial charge in [-0.3, -0.25) is 9.80 Å². The molecule has 4 rings (SSSR count). The second kappa shape index (κ2) is 8.87. The van der Waals surface area contributed by atoms with Crippen molar-refractivity contribution in [3.63, 3.8) is 0 Å². The second-order valence-electron chi connectivity index (χ2n) is 7.94. The first-order valence-corrected chi connectivity index (χ1v) is 10.2. The Hall–Kier alpha value is -1.88. The maximum absolute atomic E-state index is 5.99. The van der Waals surface area contributed by atoms with E-state index in [9.17, 15) is 0 Å². The maximum Gasteiger partial charge on any atom is 0.120 e. The van der Waals surface area contributed by atoms with E-state index in [1.54, 1.807) is 0 Å². The fraction of sp³-hybridized carbons (Fsp3) is 0.478. The van der Waals surface area contributed by atoms with E-state index in [1.807, 2.05) is 6.07 Å². The molecule has 0 N–H and O–H groups in total. The highest BCUT2D eigenvalue weighted by atomic mass is 16.5. The van der Waals surface area contributed by atoms with E-state index in [4.69, 9.17) is 4.74 Å².